The van der Waals surface area contributed by atoms with Crippen molar-refractivity contribution < 1.29 is 9.59 Å². The third kappa shape index (κ3) is 3.68. The van der Waals surface area contributed by atoms with Gasteiger partial charge in [0.1, 0.15) is 0 Å². The van der Waals surface area contributed by atoms with Gasteiger partial charge in [0.05, 0.1) is 9.88 Å². The molecule has 2 rings (SSSR count). The molecule has 0 aliphatic heterocycles. The standard InChI is InChI=1S/C14H13BrN2O2S/c1-8-7-10(15)3-4-11(8)17-14(19)12-5-6-13(20-12)16-9(2)18/h3-7H,1-2H3,(H,16,18)(H,17,19). The highest BCUT2D eigenvalue weighted by Gasteiger charge is 2.11. The number of halogens is 1. The Morgan fingerprint density at radius 2 is 1.90 bits per heavy atom. The Bertz CT molecular complexity index is 667. The van der Waals surface area contributed by atoms with Crippen molar-refractivity contribution >= 4 is 49.8 Å². The average Bonchev–Trinajstić information content (AvgIpc) is 2.80. The summed E-state index contributed by atoms with van der Waals surface area (Å²) in [6, 6.07) is 9.07. The zero-order chi connectivity index (χ0) is 14.7. The van der Waals surface area contributed by atoms with Crippen LogP contribution in [0.1, 0.15) is 22.2 Å². The van der Waals surface area contributed by atoms with Crippen LogP contribution in [0, 0.1) is 6.92 Å². The van der Waals surface area contributed by atoms with Gasteiger partial charge in [-0.3, -0.25) is 9.59 Å². The van der Waals surface area contributed by atoms with E-state index in [1.807, 2.05) is 25.1 Å². The Balaban J connectivity index is 2.11. The molecule has 20 heavy (non-hydrogen) atoms. The van der Waals surface area contributed by atoms with Crippen molar-refractivity contribution in [3.05, 3.63) is 45.2 Å². The SMILES string of the molecule is CC(=O)Nc1ccc(C(=O)Nc2ccc(Br)cc2C)s1. The fourth-order valence-corrected chi connectivity index (χ4v) is 2.97. The summed E-state index contributed by atoms with van der Waals surface area (Å²) >= 11 is 4.63. The number of carbonyl (C=O) groups excluding carboxylic acids is 2. The second-order valence-corrected chi connectivity index (χ2v) is 6.26. The lowest BCUT2D eigenvalue weighted by molar-refractivity contribution is -0.114. The molecule has 0 radical (unpaired) electrons. The second kappa shape index (κ2) is 6.19. The number of rotatable bonds is 3. The normalized spacial score (nSPS) is 10.2. The predicted molar refractivity (Wildman–Crippen MR) is 85.5 cm³/mol. The van der Waals surface area contributed by atoms with Crippen LogP contribution in [0.2, 0.25) is 0 Å². The molecule has 104 valence electrons. The molecule has 0 unspecified atom stereocenters. The Hall–Kier alpha value is -1.66. The van der Waals surface area contributed by atoms with E-state index in [-0.39, 0.29) is 11.8 Å². The van der Waals surface area contributed by atoms with E-state index in [0.29, 0.717) is 9.88 Å². The minimum Gasteiger partial charge on any atom is -0.321 e. The van der Waals surface area contributed by atoms with Crippen LogP contribution in [0.3, 0.4) is 0 Å². The summed E-state index contributed by atoms with van der Waals surface area (Å²) in [6.45, 7) is 3.36. The van der Waals surface area contributed by atoms with Crippen molar-refractivity contribution in [2.45, 2.75) is 13.8 Å². The van der Waals surface area contributed by atoms with Gasteiger partial charge in [-0.15, -0.1) is 11.3 Å². The van der Waals surface area contributed by atoms with E-state index in [1.165, 1.54) is 18.3 Å². The fraction of sp³-hybridized carbons (Fsp3) is 0.143. The molecule has 4 nitrogen and oxygen atoms in total. The molecule has 0 aliphatic carbocycles. The van der Waals surface area contributed by atoms with E-state index in [0.717, 1.165) is 15.7 Å². The molecule has 1 aromatic carbocycles. The molecule has 2 aromatic rings. The van der Waals surface area contributed by atoms with Crippen molar-refractivity contribution in [1.82, 2.24) is 0 Å². The Morgan fingerprint density at radius 3 is 2.55 bits per heavy atom. The monoisotopic (exact) mass is 352 g/mol. The van der Waals surface area contributed by atoms with Gasteiger partial charge in [-0.2, -0.15) is 0 Å². The minimum absolute atomic E-state index is 0.150. The van der Waals surface area contributed by atoms with Crippen LogP contribution in [0.4, 0.5) is 10.7 Å². The molecule has 0 saturated heterocycles. The molecule has 2 amide bonds. The molecular weight excluding hydrogens is 340 g/mol. The van der Waals surface area contributed by atoms with Crippen molar-refractivity contribution in [2.75, 3.05) is 10.6 Å². The minimum atomic E-state index is -0.183. The number of hydrogen-bond acceptors (Lipinski definition) is 3. The summed E-state index contributed by atoms with van der Waals surface area (Å²) < 4.78 is 0.970. The van der Waals surface area contributed by atoms with E-state index in [2.05, 4.69) is 26.6 Å². The number of benzene rings is 1. The summed E-state index contributed by atoms with van der Waals surface area (Å²) in [7, 11) is 0. The van der Waals surface area contributed by atoms with E-state index in [1.54, 1.807) is 12.1 Å². The van der Waals surface area contributed by atoms with Gasteiger partial charge in [-0.05, 0) is 42.8 Å². The highest BCUT2D eigenvalue weighted by Crippen LogP contribution is 2.24. The topological polar surface area (TPSA) is 58.2 Å². The lowest BCUT2D eigenvalue weighted by Crippen LogP contribution is -2.11. The van der Waals surface area contributed by atoms with Gasteiger partial charge in [0.2, 0.25) is 5.91 Å². The van der Waals surface area contributed by atoms with Gasteiger partial charge in [0.25, 0.3) is 5.91 Å². The third-order valence-corrected chi connectivity index (χ3v) is 4.06. The number of nitrogens with one attached hydrogen (secondary N) is 2. The molecular formula is C14H13BrN2O2S. The van der Waals surface area contributed by atoms with Crippen LogP contribution >= 0.6 is 27.3 Å². The second-order valence-electron chi connectivity index (χ2n) is 4.26. The van der Waals surface area contributed by atoms with E-state index in [9.17, 15) is 9.59 Å². The summed E-state index contributed by atoms with van der Waals surface area (Å²) in [5, 5.41) is 6.18. The number of amides is 2. The lowest BCUT2D eigenvalue weighted by Gasteiger charge is -2.07. The maximum absolute atomic E-state index is 12.1. The van der Waals surface area contributed by atoms with E-state index >= 15 is 0 Å². The van der Waals surface area contributed by atoms with Crippen molar-refractivity contribution in [3.8, 4) is 0 Å². The number of hydrogen-bond donors (Lipinski definition) is 2. The lowest BCUT2D eigenvalue weighted by atomic mass is 10.2. The molecule has 6 heteroatoms. The molecule has 0 aliphatic rings. The van der Waals surface area contributed by atoms with E-state index in [4.69, 9.17) is 0 Å². The van der Waals surface area contributed by atoms with Gasteiger partial charge < -0.3 is 10.6 Å². The molecule has 0 bridgehead atoms. The first-order valence-corrected chi connectivity index (χ1v) is 7.51. The van der Waals surface area contributed by atoms with Gasteiger partial charge >= 0.3 is 0 Å². The van der Waals surface area contributed by atoms with E-state index < -0.39 is 0 Å². The first kappa shape index (κ1) is 14.7. The molecule has 0 atom stereocenters. The third-order valence-electron chi connectivity index (χ3n) is 2.57. The smallest absolute Gasteiger partial charge is 0.265 e. The zero-order valence-corrected chi connectivity index (χ0v) is 13.4. The van der Waals surface area contributed by atoms with Crippen LogP contribution in [-0.2, 0) is 4.79 Å². The van der Waals surface area contributed by atoms with Gasteiger partial charge in [-0.25, -0.2) is 0 Å². The number of thiophene rings is 1. The highest BCUT2D eigenvalue weighted by atomic mass is 79.9. The van der Waals surface area contributed by atoms with Crippen molar-refractivity contribution in [3.63, 3.8) is 0 Å². The molecule has 2 N–H and O–H groups in total. The highest BCUT2D eigenvalue weighted by molar-refractivity contribution is 9.10. The Morgan fingerprint density at radius 1 is 1.15 bits per heavy atom. The van der Waals surface area contributed by atoms with Crippen molar-refractivity contribution in [1.29, 1.82) is 0 Å². The Kier molecular flexibility index (Phi) is 4.57. The summed E-state index contributed by atoms with van der Waals surface area (Å²) in [5.74, 6) is -0.334. The number of carbonyl (C=O) groups is 2. The first-order valence-electron chi connectivity index (χ1n) is 5.90. The largest absolute Gasteiger partial charge is 0.321 e. The average molecular weight is 353 g/mol. The summed E-state index contributed by atoms with van der Waals surface area (Å²) in [4.78, 5) is 23.6. The molecule has 0 saturated carbocycles. The molecule has 1 heterocycles. The molecule has 1 aromatic heterocycles. The number of anilines is 2. The van der Waals surface area contributed by atoms with Crippen LogP contribution in [0.5, 0.6) is 0 Å². The Labute approximate surface area is 129 Å². The van der Waals surface area contributed by atoms with Crippen LogP contribution < -0.4 is 10.6 Å². The van der Waals surface area contributed by atoms with Crippen LogP contribution in [-0.4, -0.2) is 11.8 Å². The van der Waals surface area contributed by atoms with Crippen molar-refractivity contribution in [2.24, 2.45) is 0 Å². The summed E-state index contributed by atoms with van der Waals surface area (Å²) in [5.41, 5.74) is 1.75. The molecule has 0 spiro atoms. The number of aryl methyl sites for hydroxylation is 1. The first-order chi connectivity index (χ1) is 9.45. The fourth-order valence-electron chi connectivity index (χ4n) is 1.65. The quantitative estimate of drug-likeness (QED) is 0.875. The molecule has 0 fully saturated rings. The maximum atomic E-state index is 12.1. The summed E-state index contributed by atoms with van der Waals surface area (Å²) in [6.07, 6.45) is 0. The van der Waals surface area contributed by atoms with Gasteiger partial charge in [0.15, 0.2) is 0 Å². The predicted octanol–water partition coefficient (Wildman–Crippen LogP) is 4.03. The maximum Gasteiger partial charge on any atom is 0.265 e. The van der Waals surface area contributed by atoms with Crippen LogP contribution in [0.15, 0.2) is 34.8 Å². The zero-order valence-electron chi connectivity index (χ0n) is 11.0. The van der Waals surface area contributed by atoms with Crippen LogP contribution in [0.25, 0.3) is 0 Å². The van der Waals surface area contributed by atoms with Gasteiger partial charge in [-0.1, -0.05) is 15.9 Å². The van der Waals surface area contributed by atoms with Gasteiger partial charge in [0, 0.05) is 17.1 Å².